The number of piperidine rings is 1. The highest BCUT2D eigenvalue weighted by Crippen LogP contribution is 2.25. The predicted molar refractivity (Wildman–Crippen MR) is 84.7 cm³/mol. The topological polar surface area (TPSA) is 40.2 Å². The van der Waals surface area contributed by atoms with Gasteiger partial charge < -0.3 is 15.5 Å². The lowest BCUT2D eigenvalue weighted by Gasteiger charge is -2.35. The minimum atomic E-state index is 0.606. The van der Waals surface area contributed by atoms with Crippen LogP contribution in [0.5, 0.6) is 0 Å². The minimum Gasteiger partial charge on any atom is -0.366 e. The minimum absolute atomic E-state index is 0.606. The lowest BCUT2D eigenvalue weighted by atomic mass is 9.92. The Morgan fingerprint density at radius 2 is 2.00 bits per heavy atom. The van der Waals surface area contributed by atoms with Gasteiger partial charge in [0, 0.05) is 20.1 Å². The number of rotatable bonds is 2. The first-order valence-electron chi connectivity index (χ1n) is 6.78. The largest absolute Gasteiger partial charge is 0.366 e. The third-order valence-corrected chi connectivity index (χ3v) is 3.73. The second kappa shape index (κ2) is 6.19. The zero-order valence-corrected chi connectivity index (χ0v) is 12.6. The van der Waals surface area contributed by atoms with Crippen molar-refractivity contribution in [3.63, 3.8) is 0 Å². The Balaban J connectivity index is 2.03. The first kappa shape index (κ1) is 14.1. The summed E-state index contributed by atoms with van der Waals surface area (Å²) < 4.78 is 0. The molecule has 0 aromatic carbocycles. The third-order valence-electron chi connectivity index (χ3n) is 3.43. The summed E-state index contributed by atoms with van der Waals surface area (Å²) in [6, 6.07) is 4.08. The van der Waals surface area contributed by atoms with Crippen molar-refractivity contribution in [1.82, 2.24) is 10.3 Å². The van der Waals surface area contributed by atoms with Crippen LogP contribution in [0, 0.1) is 11.8 Å². The quantitative estimate of drug-likeness (QED) is 0.813. The summed E-state index contributed by atoms with van der Waals surface area (Å²) in [5.74, 6) is 2.53. The fourth-order valence-corrected chi connectivity index (χ4v) is 2.81. The maximum atomic E-state index is 5.07. The van der Waals surface area contributed by atoms with Crippen LogP contribution in [0.4, 0.5) is 11.5 Å². The Labute approximate surface area is 120 Å². The van der Waals surface area contributed by atoms with E-state index in [9.17, 15) is 0 Å². The summed E-state index contributed by atoms with van der Waals surface area (Å²) in [6.07, 6.45) is 3.15. The molecule has 2 rings (SSSR count). The van der Waals surface area contributed by atoms with Crippen molar-refractivity contribution in [3.05, 3.63) is 18.3 Å². The van der Waals surface area contributed by atoms with E-state index in [1.54, 1.807) is 7.05 Å². The number of hydrogen-bond donors (Lipinski definition) is 2. The highest BCUT2D eigenvalue weighted by molar-refractivity contribution is 7.80. The van der Waals surface area contributed by atoms with Gasteiger partial charge in [0.15, 0.2) is 5.11 Å². The van der Waals surface area contributed by atoms with E-state index in [1.807, 2.05) is 12.3 Å². The summed E-state index contributed by atoms with van der Waals surface area (Å²) in [6.45, 7) is 6.81. The predicted octanol–water partition coefficient (Wildman–Crippen LogP) is 2.48. The standard InChI is InChI=1S/C14H22N4S/c1-10-6-11(2)9-18(8-10)13-5-4-12(7-16-13)17-14(19)15-3/h4-5,7,10-11H,6,8-9H2,1-3H3,(H2,15,17,19)/t10-,11-/m1/s1. The first-order valence-corrected chi connectivity index (χ1v) is 7.19. The molecule has 4 nitrogen and oxygen atoms in total. The Morgan fingerprint density at radius 1 is 1.32 bits per heavy atom. The van der Waals surface area contributed by atoms with Gasteiger partial charge in [-0.2, -0.15) is 0 Å². The molecule has 0 aliphatic carbocycles. The second-order valence-corrected chi connectivity index (χ2v) is 5.87. The molecule has 1 aliphatic heterocycles. The molecule has 0 bridgehead atoms. The Hall–Kier alpha value is -1.36. The van der Waals surface area contributed by atoms with Gasteiger partial charge in [-0.1, -0.05) is 13.8 Å². The zero-order chi connectivity index (χ0) is 13.8. The number of nitrogens with zero attached hydrogens (tertiary/aromatic N) is 2. The maximum Gasteiger partial charge on any atom is 0.170 e. The number of nitrogens with one attached hydrogen (secondary N) is 2. The van der Waals surface area contributed by atoms with E-state index in [4.69, 9.17) is 12.2 Å². The Kier molecular flexibility index (Phi) is 4.58. The summed E-state index contributed by atoms with van der Waals surface area (Å²) in [5.41, 5.74) is 0.918. The zero-order valence-electron chi connectivity index (χ0n) is 11.8. The van der Waals surface area contributed by atoms with Crippen molar-refractivity contribution in [3.8, 4) is 0 Å². The molecule has 104 valence electrons. The van der Waals surface area contributed by atoms with Gasteiger partial charge in [-0.15, -0.1) is 0 Å². The number of aromatic nitrogens is 1. The van der Waals surface area contributed by atoms with Gasteiger partial charge in [-0.25, -0.2) is 4.98 Å². The van der Waals surface area contributed by atoms with Crippen LogP contribution in [0.3, 0.4) is 0 Å². The molecule has 2 N–H and O–H groups in total. The molecule has 0 amide bonds. The van der Waals surface area contributed by atoms with Crippen LogP contribution in [-0.2, 0) is 0 Å². The molecule has 0 spiro atoms. The summed E-state index contributed by atoms with van der Waals surface area (Å²) in [7, 11) is 1.80. The number of thiocarbonyl (C=S) groups is 1. The van der Waals surface area contributed by atoms with Crippen LogP contribution < -0.4 is 15.5 Å². The lowest BCUT2D eigenvalue weighted by molar-refractivity contribution is 0.355. The van der Waals surface area contributed by atoms with E-state index < -0.39 is 0 Å². The van der Waals surface area contributed by atoms with Crippen LogP contribution in [0.2, 0.25) is 0 Å². The molecular formula is C14H22N4S. The molecule has 1 saturated heterocycles. The molecule has 19 heavy (non-hydrogen) atoms. The molecule has 5 heteroatoms. The second-order valence-electron chi connectivity index (χ2n) is 5.46. The lowest BCUT2D eigenvalue weighted by Crippen LogP contribution is -2.39. The Bertz CT molecular complexity index is 422. The maximum absolute atomic E-state index is 5.07. The van der Waals surface area contributed by atoms with Crippen LogP contribution >= 0.6 is 12.2 Å². The van der Waals surface area contributed by atoms with Crippen LogP contribution in [-0.4, -0.2) is 30.2 Å². The number of hydrogen-bond acceptors (Lipinski definition) is 3. The van der Waals surface area contributed by atoms with Crippen molar-refractivity contribution in [1.29, 1.82) is 0 Å². The summed E-state index contributed by atoms with van der Waals surface area (Å²) in [5, 5.41) is 6.57. The summed E-state index contributed by atoms with van der Waals surface area (Å²) in [4.78, 5) is 6.91. The molecule has 0 saturated carbocycles. The summed E-state index contributed by atoms with van der Waals surface area (Å²) >= 11 is 5.07. The average molecular weight is 278 g/mol. The van der Waals surface area contributed by atoms with Gasteiger partial charge >= 0.3 is 0 Å². The van der Waals surface area contributed by atoms with Gasteiger partial charge in [0.25, 0.3) is 0 Å². The molecule has 1 aliphatic rings. The smallest absolute Gasteiger partial charge is 0.170 e. The van der Waals surface area contributed by atoms with Gasteiger partial charge in [0.2, 0.25) is 0 Å². The van der Waals surface area contributed by atoms with Crippen molar-refractivity contribution in [2.45, 2.75) is 20.3 Å². The van der Waals surface area contributed by atoms with Gasteiger partial charge in [-0.05, 0) is 42.6 Å². The molecule has 2 heterocycles. The van der Waals surface area contributed by atoms with Gasteiger partial charge in [-0.3, -0.25) is 0 Å². The molecule has 0 radical (unpaired) electrons. The Morgan fingerprint density at radius 3 is 2.53 bits per heavy atom. The van der Waals surface area contributed by atoms with Crippen molar-refractivity contribution >= 4 is 28.8 Å². The fourth-order valence-electron chi connectivity index (χ4n) is 2.69. The highest BCUT2D eigenvalue weighted by Gasteiger charge is 2.22. The van der Waals surface area contributed by atoms with E-state index in [-0.39, 0.29) is 0 Å². The molecule has 1 fully saturated rings. The van der Waals surface area contributed by atoms with E-state index in [0.717, 1.165) is 36.4 Å². The fraction of sp³-hybridized carbons (Fsp3) is 0.571. The first-order chi connectivity index (χ1) is 9.08. The van der Waals surface area contributed by atoms with E-state index in [0.29, 0.717) is 5.11 Å². The highest BCUT2D eigenvalue weighted by atomic mass is 32.1. The van der Waals surface area contributed by atoms with Gasteiger partial charge in [0.1, 0.15) is 5.82 Å². The third kappa shape index (κ3) is 3.80. The molecule has 0 unspecified atom stereocenters. The van der Waals surface area contributed by atoms with E-state index >= 15 is 0 Å². The van der Waals surface area contributed by atoms with Crippen molar-refractivity contribution in [2.24, 2.45) is 11.8 Å². The van der Waals surface area contributed by atoms with Crippen LogP contribution in [0.15, 0.2) is 18.3 Å². The SMILES string of the molecule is CNC(=S)Nc1ccc(N2C[C@H](C)C[C@@H](C)C2)nc1. The van der Waals surface area contributed by atoms with E-state index in [1.165, 1.54) is 6.42 Å². The molecule has 2 atom stereocenters. The van der Waals surface area contributed by atoms with Crippen LogP contribution in [0.1, 0.15) is 20.3 Å². The van der Waals surface area contributed by atoms with E-state index in [2.05, 4.69) is 40.4 Å². The molecule has 1 aromatic rings. The number of anilines is 2. The van der Waals surface area contributed by atoms with Crippen molar-refractivity contribution in [2.75, 3.05) is 30.4 Å². The molecular weight excluding hydrogens is 256 g/mol. The van der Waals surface area contributed by atoms with Crippen LogP contribution in [0.25, 0.3) is 0 Å². The molecule has 1 aromatic heterocycles. The average Bonchev–Trinajstić information content (AvgIpc) is 2.38. The van der Waals surface area contributed by atoms with Crippen molar-refractivity contribution < 1.29 is 0 Å². The number of pyridine rings is 1. The normalized spacial score (nSPS) is 23.0. The monoisotopic (exact) mass is 278 g/mol. The van der Waals surface area contributed by atoms with Gasteiger partial charge in [0.05, 0.1) is 11.9 Å².